The summed E-state index contributed by atoms with van der Waals surface area (Å²) in [6, 6.07) is 1.99. The Hall–Kier alpha value is -0.870. The largest absolute Gasteiger partial charge is 0.352 e. The Morgan fingerprint density at radius 1 is 1.40 bits per heavy atom. The van der Waals surface area contributed by atoms with Crippen molar-refractivity contribution in [3.63, 3.8) is 0 Å². The number of rotatable bonds is 5. The van der Waals surface area contributed by atoms with Crippen molar-refractivity contribution in [2.24, 2.45) is 5.92 Å². The molecule has 0 atom stereocenters. The molecule has 0 aromatic carbocycles. The maximum absolute atomic E-state index is 12.1. The molecule has 0 radical (unpaired) electrons. The highest BCUT2D eigenvalue weighted by atomic mass is 32.1. The first kappa shape index (κ1) is 15.5. The van der Waals surface area contributed by atoms with Crippen molar-refractivity contribution in [1.82, 2.24) is 10.2 Å². The second-order valence-corrected chi connectivity index (χ2v) is 7.42. The molecule has 0 aliphatic carbocycles. The SMILES string of the molecule is Cc1cc(C(=O)NCCCN2CCC(C)CC2)c(C)s1. The summed E-state index contributed by atoms with van der Waals surface area (Å²) < 4.78 is 0. The van der Waals surface area contributed by atoms with Crippen LogP contribution >= 0.6 is 11.3 Å². The van der Waals surface area contributed by atoms with Gasteiger partial charge in [0, 0.05) is 16.3 Å². The molecule has 0 saturated carbocycles. The molecular weight excluding hydrogens is 268 g/mol. The van der Waals surface area contributed by atoms with E-state index >= 15 is 0 Å². The Morgan fingerprint density at radius 2 is 2.10 bits per heavy atom. The van der Waals surface area contributed by atoms with E-state index in [0.29, 0.717) is 0 Å². The fourth-order valence-electron chi connectivity index (χ4n) is 2.74. The molecule has 1 fully saturated rings. The molecule has 20 heavy (non-hydrogen) atoms. The molecule has 3 nitrogen and oxygen atoms in total. The van der Waals surface area contributed by atoms with Crippen molar-refractivity contribution in [3.05, 3.63) is 21.4 Å². The highest BCUT2D eigenvalue weighted by Gasteiger charge is 2.15. The molecule has 0 spiro atoms. The summed E-state index contributed by atoms with van der Waals surface area (Å²) in [5, 5.41) is 3.04. The van der Waals surface area contributed by atoms with Crippen LogP contribution in [0.15, 0.2) is 6.07 Å². The van der Waals surface area contributed by atoms with E-state index in [0.717, 1.165) is 35.9 Å². The van der Waals surface area contributed by atoms with Crippen molar-refractivity contribution >= 4 is 17.2 Å². The molecule has 2 heterocycles. The lowest BCUT2D eigenvalue weighted by Crippen LogP contribution is -2.35. The molecule has 1 saturated heterocycles. The maximum atomic E-state index is 12.1. The number of nitrogens with one attached hydrogen (secondary N) is 1. The summed E-state index contributed by atoms with van der Waals surface area (Å²) >= 11 is 1.69. The molecule has 2 rings (SSSR count). The van der Waals surface area contributed by atoms with Crippen LogP contribution in [-0.2, 0) is 0 Å². The zero-order valence-corrected chi connectivity index (χ0v) is 13.7. The van der Waals surface area contributed by atoms with Gasteiger partial charge in [-0.3, -0.25) is 4.79 Å². The highest BCUT2D eigenvalue weighted by molar-refractivity contribution is 7.12. The third kappa shape index (κ3) is 4.32. The maximum Gasteiger partial charge on any atom is 0.252 e. The quantitative estimate of drug-likeness (QED) is 0.846. The van der Waals surface area contributed by atoms with Gasteiger partial charge in [0.25, 0.3) is 5.91 Å². The predicted molar refractivity (Wildman–Crippen MR) is 85.6 cm³/mol. The lowest BCUT2D eigenvalue weighted by molar-refractivity contribution is 0.0950. The molecular formula is C16H26N2OS. The molecule has 0 bridgehead atoms. The Kier molecular flexibility index (Phi) is 5.61. The molecule has 4 heteroatoms. The van der Waals surface area contributed by atoms with Gasteiger partial charge >= 0.3 is 0 Å². The Morgan fingerprint density at radius 3 is 2.70 bits per heavy atom. The lowest BCUT2D eigenvalue weighted by atomic mass is 9.99. The van der Waals surface area contributed by atoms with Gasteiger partial charge in [0.15, 0.2) is 0 Å². The first-order valence-electron chi connectivity index (χ1n) is 7.64. The van der Waals surface area contributed by atoms with E-state index in [9.17, 15) is 4.79 Å². The number of piperidine rings is 1. The number of nitrogens with zero attached hydrogens (tertiary/aromatic N) is 1. The number of amides is 1. The summed E-state index contributed by atoms with van der Waals surface area (Å²) in [5.74, 6) is 0.967. The minimum absolute atomic E-state index is 0.0825. The summed E-state index contributed by atoms with van der Waals surface area (Å²) in [6.07, 6.45) is 3.68. The predicted octanol–water partition coefficient (Wildman–Crippen LogP) is 3.22. The summed E-state index contributed by atoms with van der Waals surface area (Å²) in [4.78, 5) is 16.9. The third-order valence-corrected chi connectivity index (χ3v) is 5.06. The van der Waals surface area contributed by atoms with Crippen LogP contribution in [0.25, 0.3) is 0 Å². The smallest absolute Gasteiger partial charge is 0.252 e. The number of hydrogen-bond acceptors (Lipinski definition) is 3. The minimum Gasteiger partial charge on any atom is -0.352 e. The second kappa shape index (κ2) is 7.23. The van der Waals surface area contributed by atoms with E-state index < -0.39 is 0 Å². The Bertz CT molecular complexity index is 447. The van der Waals surface area contributed by atoms with Crippen molar-refractivity contribution in [3.8, 4) is 0 Å². The van der Waals surface area contributed by atoms with Crippen LogP contribution < -0.4 is 5.32 Å². The van der Waals surface area contributed by atoms with Gasteiger partial charge in [-0.05, 0) is 64.7 Å². The fourth-order valence-corrected chi connectivity index (χ4v) is 3.66. The summed E-state index contributed by atoms with van der Waals surface area (Å²) in [7, 11) is 0. The number of carbonyl (C=O) groups is 1. The second-order valence-electron chi connectivity index (χ2n) is 5.96. The molecule has 1 aliphatic rings. The zero-order valence-electron chi connectivity index (χ0n) is 12.9. The van der Waals surface area contributed by atoms with E-state index in [1.54, 1.807) is 11.3 Å². The van der Waals surface area contributed by atoms with Gasteiger partial charge < -0.3 is 10.2 Å². The average Bonchev–Trinajstić information content (AvgIpc) is 2.75. The van der Waals surface area contributed by atoms with Crippen LogP contribution in [0, 0.1) is 19.8 Å². The van der Waals surface area contributed by atoms with Crippen LogP contribution in [-0.4, -0.2) is 37.0 Å². The monoisotopic (exact) mass is 294 g/mol. The van der Waals surface area contributed by atoms with Crippen molar-refractivity contribution < 1.29 is 4.79 Å². The van der Waals surface area contributed by atoms with E-state index in [2.05, 4.69) is 17.1 Å². The molecule has 1 aliphatic heterocycles. The lowest BCUT2D eigenvalue weighted by Gasteiger charge is -2.30. The van der Waals surface area contributed by atoms with E-state index in [1.807, 2.05) is 19.9 Å². The van der Waals surface area contributed by atoms with Gasteiger partial charge in [-0.25, -0.2) is 0 Å². The minimum atomic E-state index is 0.0825. The Balaban J connectivity index is 1.66. The van der Waals surface area contributed by atoms with Crippen LogP contribution in [0.5, 0.6) is 0 Å². The first-order chi connectivity index (χ1) is 9.56. The molecule has 112 valence electrons. The standard InChI is InChI=1S/C16H26N2OS/c1-12-5-9-18(10-6-12)8-4-7-17-16(19)15-11-13(2)20-14(15)3/h11-12H,4-10H2,1-3H3,(H,17,19). The molecule has 0 unspecified atom stereocenters. The molecule has 1 aromatic rings. The van der Waals surface area contributed by atoms with Gasteiger partial charge in [-0.2, -0.15) is 0 Å². The van der Waals surface area contributed by atoms with Gasteiger partial charge in [0.2, 0.25) is 0 Å². The number of carbonyl (C=O) groups excluding carboxylic acids is 1. The van der Waals surface area contributed by atoms with Crippen molar-refractivity contribution in [1.29, 1.82) is 0 Å². The van der Waals surface area contributed by atoms with E-state index in [4.69, 9.17) is 0 Å². The highest BCUT2D eigenvalue weighted by Crippen LogP contribution is 2.20. The molecule has 1 N–H and O–H groups in total. The van der Waals surface area contributed by atoms with Gasteiger partial charge in [0.1, 0.15) is 0 Å². The number of hydrogen-bond donors (Lipinski definition) is 1. The fraction of sp³-hybridized carbons (Fsp3) is 0.688. The van der Waals surface area contributed by atoms with Gasteiger partial charge in [-0.1, -0.05) is 6.92 Å². The zero-order chi connectivity index (χ0) is 14.5. The Labute approximate surface area is 126 Å². The molecule has 1 aromatic heterocycles. The summed E-state index contributed by atoms with van der Waals surface area (Å²) in [5.41, 5.74) is 0.847. The van der Waals surface area contributed by atoms with Gasteiger partial charge in [-0.15, -0.1) is 11.3 Å². The van der Waals surface area contributed by atoms with Crippen LogP contribution in [0.4, 0.5) is 0 Å². The number of likely N-dealkylation sites (tertiary alicyclic amines) is 1. The number of aryl methyl sites for hydroxylation is 2. The van der Waals surface area contributed by atoms with Crippen LogP contribution in [0.2, 0.25) is 0 Å². The topological polar surface area (TPSA) is 32.3 Å². The third-order valence-electron chi connectivity index (χ3n) is 4.10. The van der Waals surface area contributed by atoms with Crippen molar-refractivity contribution in [2.45, 2.75) is 40.0 Å². The van der Waals surface area contributed by atoms with E-state index in [-0.39, 0.29) is 5.91 Å². The summed E-state index contributed by atoms with van der Waals surface area (Å²) in [6.45, 7) is 10.7. The van der Waals surface area contributed by atoms with Gasteiger partial charge in [0.05, 0.1) is 5.56 Å². The first-order valence-corrected chi connectivity index (χ1v) is 8.45. The van der Waals surface area contributed by atoms with Crippen LogP contribution in [0.1, 0.15) is 46.3 Å². The number of thiophene rings is 1. The van der Waals surface area contributed by atoms with E-state index in [1.165, 1.54) is 30.8 Å². The van der Waals surface area contributed by atoms with Crippen molar-refractivity contribution in [2.75, 3.05) is 26.2 Å². The average molecular weight is 294 g/mol. The molecule has 1 amide bonds. The normalized spacial score (nSPS) is 17.4. The van der Waals surface area contributed by atoms with Crippen LogP contribution in [0.3, 0.4) is 0 Å².